The van der Waals surface area contributed by atoms with Gasteiger partial charge in [0, 0.05) is 17.8 Å². The first-order valence-corrected chi connectivity index (χ1v) is 9.48. The molecule has 0 aliphatic rings. The highest BCUT2D eigenvalue weighted by Crippen LogP contribution is 2.43. The van der Waals surface area contributed by atoms with Crippen LogP contribution in [0.1, 0.15) is 5.56 Å². The van der Waals surface area contributed by atoms with Crippen LogP contribution in [-0.4, -0.2) is 9.55 Å². The molecular weight excluding hydrogens is 344 g/mol. The van der Waals surface area contributed by atoms with E-state index in [0.29, 0.717) is 0 Å². The summed E-state index contributed by atoms with van der Waals surface area (Å²) in [5.41, 5.74) is 6.21. The molecule has 0 unspecified atom stereocenters. The van der Waals surface area contributed by atoms with Crippen molar-refractivity contribution < 1.29 is 4.42 Å². The van der Waals surface area contributed by atoms with Crippen molar-refractivity contribution in [1.29, 1.82) is 0 Å². The molecule has 0 radical (unpaired) electrons. The second-order valence-corrected chi connectivity index (χ2v) is 7.33. The molecule has 2 heterocycles. The Kier molecular flexibility index (Phi) is 3.01. The van der Waals surface area contributed by atoms with Gasteiger partial charge in [0.25, 0.3) is 0 Å². The van der Waals surface area contributed by atoms with Gasteiger partial charge in [-0.2, -0.15) is 0 Å². The molecule has 0 aliphatic carbocycles. The highest BCUT2D eigenvalue weighted by atomic mass is 16.3. The molecule has 0 spiro atoms. The molecule has 28 heavy (non-hydrogen) atoms. The molecule has 2 aromatic heterocycles. The van der Waals surface area contributed by atoms with Crippen LogP contribution in [0.15, 0.2) is 77.2 Å². The van der Waals surface area contributed by atoms with Crippen LogP contribution < -0.4 is 0 Å². The smallest absolute Gasteiger partial charge is 0.147 e. The number of fused-ring (bicyclic) bond motifs is 6. The van der Waals surface area contributed by atoms with Crippen LogP contribution in [0.3, 0.4) is 0 Å². The molecule has 4 aromatic carbocycles. The van der Waals surface area contributed by atoms with Gasteiger partial charge in [0.05, 0.1) is 16.6 Å². The first kappa shape index (κ1) is 15.5. The molecule has 6 aromatic rings. The fourth-order valence-corrected chi connectivity index (χ4v) is 4.46. The summed E-state index contributed by atoms with van der Waals surface area (Å²) < 4.78 is 8.59. The number of imidazole rings is 1. The van der Waals surface area contributed by atoms with Gasteiger partial charge in [-0.05, 0) is 41.5 Å². The predicted molar refractivity (Wildman–Crippen MR) is 116 cm³/mol. The minimum Gasteiger partial charge on any atom is -0.455 e. The average molecular weight is 362 g/mol. The Morgan fingerprint density at radius 2 is 1.46 bits per heavy atom. The van der Waals surface area contributed by atoms with Crippen molar-refractivity contribution in [2.24, 2.45) is 7.05 Å². The summed E-state index contributed by atoms with van der Waals surface area (Å²) in [4.78, 5) is 4.97. The van der Waals surface area contributed by atoms with E-state index in [1.807, 2.05) is 18.2 Å². The van der Waals surface area contributed by atoms with E-state index in [2.05, 4.69) is 73.1 Å². The molecule has 6 rings (SSSR count). The summed E-state index contributed by atoms with van der Waals surface area (Å²) in [5.74, 6) is 0.938. The molecular formula is C25H18N2O. The number of aromatic nitrogens is 2. The van der Waals surface area contributed by atoms with Gasteiger partial charge in [-0.25, -0.2) is 4.98 Å². The highest BCUT2D eigenvalue weighted by molar-refractivity contribution is 6.23. The Bertz CT molecular complexity index is 1530. The zero-order valence-electron chi connectivity index (χ0n) is 15.7. The number of aryl methyl sites for hydroxylation is 2. The molecule has 0 atom stereocenters. The van der Waals surface area contributed by atoms with Gasteiger partial charge in [-0.1, -0.05) is 54.6 Å². The van der Waals surface area contributed by atoms with Gasteiger partial charge in [0.15, 0.2) is 0 Å². The van der Waals surface area contributed by atoms with Gasteiger partial charge >= 0.3 is 0 Å². The summed E-state index contributed by atoms with van der Waals surface area (Å²) >= 11 is 0. The lowest BCUT2D eigenvalue weighted by molar-refractivity contribution is 0.669. The fourth-order valence-electron chi connectivity index (χ4n) is 4.46. The zero-order chi connectivity index (χ0) is 18.8. The molecule has 0 amide bonds. The first-order chi connectivity index (χ1) is 13.7. The summed E-state index contributed by atoms with van der Waals surface area (Å²) in [7, 11) is 2.08. The topological polar surface area (TPSA) is 31.0 Å². The van der Waals surface area contributed by atoms with Gasteiger partial charge in [0.2, 0.25) is 0 Å². The first-order valence-electron chi connectivity index (χ1n) is 9.48. The molecule has 134 valence electrons. The lowest BCUT2D eigenvalue weighted by Gasteiger charge is -2.11. The number of para-hydroxylation sites is 3. The number of furan rings is 1. The lowest BCUT2D eigenvalue weighted by Crippen LogP contribution is -1.96. The number of nitrogens with zero attached hydrogens (tertiary/aromatic N) is 2. The third-order valence-electron chi connectivity index (χ3n) is 5.81. The Labute approximate surface area is 161 Å². The normalized spacial score (nSPS) is 11.9. The summed E-state index contributed by atoms with van der Waals surface area (Å²) in [6.45, 7) is 2.17. The predicted octanol–water partition coefficient (Wildman–Crippen LogP) is 6.60. The van der Waals surface area contributed by atoms with Crippen LogP contribution in [0.4, 0.5) is 0 Å². The third-order valence-corrected chi connectivity index (χ3v) is 5.81. The second kappa shape index (κ2) is 5.46. The standard InChI is InChI=1S/C25H18N2O/c1-15-16-9-3-4-10-17(16)23-18-11-5-8-14-21(18)28-24(23)22(15)25-26-19-12-6-7-13-20(19)27(25)2/h3-14H,1-2H3. The number of benzene rings is 4. The maximum atomic E-state index is 6.42. The van der Waals surface area contributed by atoms with Crippen molar-refractivity contribution in [3.63, 3.8) is 0 Å². The van der Waals surface area contributed by atoms with Crippen molar-refractivity contribution in [2.75, 3.05) is 0 Å². The van der Waals surface area contributed by atoms with Crippen LogP contribution in [0.25, 0.3) is 55.1 Å². The van der Waals surface area contributed by atoms with E-state index in [0.717, 1.165) is 39.0 Å². The molecule has 0 N–H and O–H groups in total. The maximum Gasteiger partial charge on any atom is 0.147 e. The maximum absolute atomic E-state index is 6.42. The van der Waals surface area contributed by atoms with Crippen LogP contribution in [0.2, 0.25) is 0 Å². The van der Waals surface area contributed by atoms with E-state index in [-0.39, 0.29) is 0 Å². The Morgan fingerprint density at radius 1 is 0.786 bits per heavy atom. The van der Waals surface area contributed by atoms with Crippen LogP contribution >= 0.6 is 0 Å². The quantitative estimate of drug-likeness (QED) is 0.330. The van der Waals surface area contributed by atoms with E-state index in [4.69, 9.17) is 9.40 Å². The minimum absolute atomic E-state index is 0.910. The highest BCUT2D eigenvalue weighted by Gasteiger charge is 2.22. The van der Waals surface area contributed by atoms with Crippen molar-refractivity contribution in [3.05, 3.63) is 78.4 Å². The summed E-state index contributed by atoms with van der Waals surface area (Å²) in [5, 5.41) is 4.78. The average Bonchev–Trinajstić information content (AvgIpc) is 3.27. The zero-order valence-corrected chi connectivity index (χ0v) is 15.7. The minimum atomic E-state index is 0.910. The van der Waals surface area contributed by atoms with Crippen LogP contribution in [0, 0.1) is 6.92 Å². The van der Waals surface area contributed by atoms with Gasteiger partial charge < -0.3 is 8.98 Å². The molecule has 3 heteroatoms. The van der Waals surface area contributed by atoms with Crippen molar-refractivity contribution in [1.82, 2.24) is 9.55 Å². The lowest BCUT2D eigenvalue weighted by atomic mass is 9.94. The second-order valence-electron chi connectivity index (χ2n) is 7.33. The monoisotopic (exact) mass is 362 g/mol. The van der Waals surface area contributed by atoms with E-state index in [1.165, 1.54) is 21.7 Å². The van der Waals surface area contributed by atoms with E-state index < -0.39 is 0 Å². The SMILES string of the molecule is Cc1c(-c2nc3ccccc3n2C)c2oc3ccccc3c2c2ccccc12. The number of rotatable bonds is 1. The summed E-state index contributed by atoms with van der Waals surface area (Å²) in [6, 6.07) is 25.1. The molecule has 0 aliphatic heterocycles. The van der Waals surface area contributed by atoms with E-state index >= 15 is 0 Å². The Balaban J connectivity index is 1.88. The molecule has 0 saturated carbocycles. The van der Waals surface area contributed by atoms with Gasteiger partial charge in [0.1, 0.15) is 17.0 Å². The van der Waals surface area contributed by atoms with Crippen LogP contribution in [-0.2, 0) is 7.05 Å². The fraction of sp³-hybridized carbons (Fsp3) is 0.0800. The van der Waals surface area contributed by atoms with Crippen molar-refractivity contribution in [3.8, 4) is 11.4 Å². The van der Waals surface area contributed by atoms with Crippen molar-refractivity contribution in [2.45, 2.75) is 6.92 Å². The van der Waals surface area contributed by atoms with E-state index in [9.17, 15) is 0 Å². The van der Waals surface area contributed by atoms with Crippen molar-refractivity contribution >= 4 is 43.7 Å². The summed E-state index contributed by atoms with van der Waals surface area (Å²) in [6.07, 6.45) is 0. The number of hydrogen-bond acceptors (Lipinski definition) is 2. The largest absolute Gasteiger partial charge is 0.455 e. The van der Waals surface area contributed by atoms with E-state index in [1.54, 1.807) is 0 Å². The Morgan fingerprint density at radius 3 is 2.29 bits per heavy atom. The molecule has 0 bridgehead atoms. The van der Waals surface area contributed by atoms with Gasteiger partial charge in [-0.15, -0.1) is 0 Å². The molecule has 0 saturated heterocycles. The third kappa shape index (κ3) is 1.91. The number of hydrogen-bond donors (Lipinski definition) is 0. The van der Waals surface area contributed by atoms with Gasteiger partial charge in [-0.3, -0.25) is 0 Å². The molecule has 3 nitrogen and oxygen atoms in total. The Hall–Kier alpha value is -3.59. The molecule has 0 fully saturated rings. The van der Waals surface area contributed by atoms with Crippen LogP contribution in [0.5, 0.6) is 0 Å².